The van der Waals surface area contributed by atoms with E-state index in [0.29, 0.717) is 12.6 Å². The summed E-state index contributed by atoms with van der Waals surface area (Å²) in [7, 11) is 2.13. The van der Waals surface area contributed by atoms with Gasteiger partial charge >= 0.3 is 6.01 Å². The second-order valence-electron chi connectivity index (χ2n) is 4.59. The van der Waals surface area contributed by atoms with Crippen molar-refractivity contribution >= 4 is 0 Å². The lowest BCUT2D eigenvalue weighted by atomic mass is 10.1. The van der Waals surface area contributed by atoms with Crippen LogP contribution in [0, 0.1) is 6.92 Å². The van der Waals surface area contributed by atoms with E-state index in [2.05, 4.69) is 21.9 Å². The molecule has 0 unspecified atom stereocenters. The normalized spacial score (nSPS) is 18.3. The molecule has 0 spiro atoms. The van der Waals surface area contributed by atoms with Crippen LogP contribution in [0.4, 0.5) is 0 Å². The van der Waals surface area contributed by atoms with Gasteiger partial charge < -0.3 is 15.4 Å². The van der Waals surface area contributed by atoms with Crippen molar-refractivity contribution in [2.24, 2.45) is 5.73 Å². The SMILES string of the molecule is Cc1nc(OC2CCN(C)CC2)ncc1CN. The van der Waals surface area contributed by atoms with Gasteiger partial charge in [-0.25, -0.2) is 9.97 Å². The first-order chi connectivity index (χ1) is 8.19. The fourth-order valence-electron chi connectivity index (χ4n) is 1.98. The van der Waals surface area contributed by atoms with Crippen LogP contribution >= 0.6 is 0 Å². The Morgan fingerprint density at radius 1 is 1.47 bits per heavy atom. The first-order valence-corrected chi connectivity index (χ1v) is 6.07. The quantitative estimate of drug-likeness (QED) is 0.837. The van der Waals surface area contributed by atoms with Gasteiger partial charge in [-0.3, -0.25) is 0 Å². The van der Waals surface area contributed by atoms with Crippen LogP contribution < -0.4 is 10.5 Å². The average molecular weight is 236 g/mol. The van der Waals surface area contributed by atoms with E-state index in [1.54, 1.807) is 6.20 Å². The number of piperidine rings is 1. The summed E-state index contributed by atoms with van der Waals surface area (Å²) in [6.45, 7) is 4.56. The van der Waals surface area contributed by atoms with Crippen LogP contribution in [-0.2, 0) is 6.54 Å². The number of likely N-dealkylation sites (tertiary alicyclic amines) is 1. The Labute approximate surface area is 102 Å². The van der Waals surface area contributed by atoms with Gasteiger partial charge in [-0.05, 0) is 26.8 Å². The van der Waals surface area contributed by atoms with Gasteiger partial charge in [0.25, 0.3) is 0 Å². The molecule has 0 saturated carbocycles. The minimum Gasteiger partial charge on any atom is -0.460 e. The van der Waals surface area contributed by atoms with E-state index in [1.165, 1.54) is 0 Å². The smallest absolute Gasteiger partial charge is 0.316 e. The molecule has 0 aromatic carbocycles. The monoisotopic (exact) mass is 236 g/mol. The van der Waals surface area contributed by atoms with E-state index < -0.39 is 0 Å². The molecule has 0 radical (unpaired) electrons. The number of ether oxygens (including phenoxy) is 1. The Bertz CT molecular complexity index is 375. The van der Waals surface area contributed by atoms with Gasteiger partial charge in [0.2, 0.25) is 0 Å². The fourth-order valence-corrected chi connectivity index (χ4v) is 1.98. The van der Waals surface area contributed by atoms with Crippen LogP contribution in [0.25, 0.3) is 0 Å². The molecule has 2 rings (SSSR count). The third kappa shape index (κ3) is 3.14. The maximum Gasteiger partial charge on any atom is 0.316 e. The number of hydrogen-bond acceptors (Lipinski definition) is 5. The van der Waals surface area contributed by atoms with Crippen molar-refractivity contribution in [3.05, 3.63) is 17.5 Å². The van der Waals surface area contributed by atoms with Gasteiger partial charge in [-0.15, -0.1) is 0 Å². The molecule has 2 N–H and O–H groups in total. The van der Waals surface area contributed by atoms with Crippen molar-refractivity contribution in [3.8, 4) is 6.01 Å². The third-order valence-corrected chi connectivity index (χ3v) is 3.22. The molecule has 1 aromatic rings. The van der Waals surface area contributed by atoms with Gasteiger partial charge in [-0.1, -0.05) is 0 Å². The molecule has 1 aliphatic heterocycles. The number of aryl methyl sites for hydroxylation is 1. The van der Waals surface area contributed by atoms with Crippen LogP contribution in [0.3, 0.4) is 0 Å². The first kappa shape index (κ1) is 12.3. The van der Waals surface area contributed by atoms with E-state index in [4.69, 9.17) is 10.5 Å². The maximum absolute atomic E-state index is 5.79. The predicted molar refractivity (Wildman–Crippen MR) is 65.8 cm³/mol. The second kappa shape index (κ2) is 5.42. The lowest BCUT2D eigenvalue weighted by Crippen LogP contribution is -2.36. The zero-order chi connectivity index (χ0) is 12.3. The second-order valence-corrected chi connectivity index (χ2v) is 4.59. The Morgan fingerprint density at radius 2 is 2.18 bits per heavy atom. The molecule has 1 saturated heterocycles. The average Bonchev–Trinajstić information content (AvgIpc) is 2.32. The van der Waals surface area contributed by atoms with E-state index in [0.717, 1.165) is 37.2 Å². The van der Waals surface area contributed by atoms with E-state index >= 15 is 0 Å². The number of aromatic nitrogens is 2. The number of nitrogens with zero attached hydrogens (tertiary/aromatic N) is 3. The Hall–Kier alpha value is -1.20. The highest BCUT2D eigenvalue weighted by atomic mass is 16.5. The standard InChI is InChI=1S/C12H20N4O/c1-9-10(7-13)8-14-12(15-9)17-11-3-5-16(2)6-4-11/h8,11H,3-7,13H2,1-2H3. The Kier molecular flexibility index (Phi) is 3.91. The summed E-state index contributed by atoms with van der Waals surface area (Å²) in [4.78, 5) is 10.8. The highest BCUT2D eigenvalue weighted by Gasteiger charge is 2.19. The lowest BCUT2D eigenvalue weighted by molar-refractivity contribution is 0.105. The van der Waals surface area contributed by atoms with E-state index in [1.807, 2.05) is 6.92 Å². The van der Waals surface area contributed by atoms with Gasteiger partial charge in [0.15, 0.2) is 0 Å². The molecule has 1 fully saturated rings. The zero-order valence-electron chi connectivity index (χ0n) is 10.5. The summed E-state index contributed by atoms with van der Waals surface area (Å²) in [5.41, 5.74) is 7.45. The van der Waals surface area contributed by atoms with Crippen LogP contribution in [0.15, 0.2) is 6.20 Å². The Balaban J connectivity index is 1.97. The predicted octanol–water partition coefficient (Wildman–Crippen LogP) is 0.717. The van der Waals surface area contributed by atoms with Crippen LogP contribution in [0.5, 0.6) is 6.01 Å². The molecule has 1 aromatic heterocycles. The zero-order valence-corrected chi connectivity index (χ0v) is 10.5. The van der Waals surface area contributed by atoms with Crippen molar-refractivity contribution in [1.29, 1.82) is 0 Å². The molecule has 5 heteroatoms. The van der Waals surface area contributed by atoms with Gasteiger partial charge in [-0.2, -0.15) is 0 Å². The molecule has 1 aliphatic rings. The highest BCUT2D eigenvalue weighted by Crippen LogP contribution is 2.15. The molecule has 2 heterocycles. The molecular formula is C12H20N4O. The largest absolute Gasteiger partial charge is 0.460 e. The topological polar surface area (TPSA) is 64.3 Å². The molecule has 5 nitrogen and oxygen atoms in total. The van der Waals surface area contributed by atoms with Crippen LogP contribution in [0.2, 0.25) is 0 Å². The molecule has 0 amide bonds. The van der Waals surface area contributed by atoms with Gasteiger partial charge in [0.1, 0.15) is 6.10 Å². The van der Waals surface area contributed by atoms with Gasteiger partial charge in [0, 0.05) is 37.1 Å². The fraction of sp³-hybridized carbons (Fsp3) is 0.667. The molecule has 0 atom stereocenters. The molecular weight excluding hydrogens is 216 g/mol. The number of rotatable bonds is 3. The number of nitrogens with two attached hydrogens (primary N) is 1. The summed E-state index contributed by atoms with van der Waals surface area (Å²) in [6.07, 6.45) is 4.08. The highest BCUT2D eigenvalue weighted by molar-refractivity contribution is 5.17. The van der Waals surface area contributed by atoms with E-state index in [9.17, 15) is 0 Å². The molecule has 94 valence electrons. The van der Waals surface area contributed by atoms with Crippen LogP contribution in [-0.4, -0.2) is 41.1 Å². The summed E-state index contributed by atoms with van der Waals surface area (Å²) in [5, 5.41) is 0. The summed E-state index contributed by atoms with van der Waals surface area (Å²) in [5.74, 6) is 0. The van der Waals surface area contributed by atoms with Crippen molar-refractivity contribution < 1.29 is 4.74 Å². The van der Waals surface area contributed by atoms with Crippen molar-refractivity contribution in [2.75, 3.05) is 20.1 Å². The summed E-state index contributed by atoms with van der Waals surface area (Å²) < 4.78 is 5.79. The minimum atomic E-state index is 0.245. The van der Waals surface area contributed by atoms with Crippen molar-refractivity contribution in [3.63, 3.8) is 0 Å². The molecule has 0 aliphatic carbocycles. The maximum atomic E-state index is 5.79. The Morgan fingerprint density at radius 3 is 2.76 bits per heavy atom. The summed E-state index contributed by atoms with van der Waals surface area (Å²) in [6, 6.07) is 0.481. The van der Waals surface area contributed by atoms with Gasteiger partial charge in [0.05, 0.1) is 0 Å². The first-order valence-electron chi connectivity index (χ1n) is 6.07. The third-order valence-electron chi connectivity index (χ3n) is 3.22. The summed E-state index contributed by atoms with van der Waals surface area (Å²) >= 11 is 0. The van der Waals surface area contributed by atoms with Crippen molar-refractivity contribution in [1.82, 2.24) is 14.9 Å². The van der Waals surface area contributed by atoms with E-state index in [-0.39, 0.29) is 6.10 Å². The number of hydrogen-bond donors (Lipinski definition) is 1. The molecule has 17 heavy (non-hydrogen) atoms. The minimum absolute atomic E-state index is 0.245. The molecule has 0 bridgehead atoms. The lowest BCUT2D eigenvalue weighted by Gasteiger charge is -2.28. The van der Waals surface area contributed by atoms with Crippen molar-refractivity contribution in [2.45, 2.75) is 32.4 Å². The van der Waals surface area contributed by atoms with Crippen LogP contribution in [0.1, 0.15) is 24.1 Å².